The van der Waals surface area contributed by atoms with E-state index in [-0.39, 0.29) is 11.3 Å². The molecule has 27 heavy (non-hydrogen) atoms. The Kier molecular flexibility index (Phi) is 7.43. The average Bonchev–Trinajstić information content (AvgIpc) is 2.60. The van der Waals surface area contributed by atoms with Gasteiger partial charge in [-0.2, -0.15) is 5.10 Å². The standard InChI is InChI=1S/C22H27ClN2O2/c1-16-14-19(23)11-12-20(16)27-13-5-6-21(26)25-24-15-17-7-9-18(10-8-17)22(2,3)4/h7-12,14-15H,5-6,13H2,1-4H3,(H,25,26)/b24-15+. The van der Waals surface area contributed by atoms with E-state index in [1.54, 1.807) is 12.3 Å². The summed E-state index contributed by atoms with van der Waals surface area (Å²) < 4.78 is 5.68. The van der Waals surface area contributed by atoms with E-state index >= 15 is 0 Å². The number of hydrogen-bond donors (Lipinski definition) is 1. The number of nitrogens with zero attached hydrogens (tertiary/aromatic N) is 1. The first kappa shape index (κ1) is 21.0. The van der Waals surface area contributed by atoms with E-state index in [0.29, 0.717) is 24.5 Å². The highest BCUT2D eigenvalue weighted by molar-refractivity contribution is 6.30. The van der Waals surface area contributed by atoms with Crippen LogP contribution in [0.1, 0.15) is 50.3 Å². The molecule has 0 spiro atoms. The van der Waals surface area contributed by atoms with Crippen molar-refractivity contribution in [3.63, 3.8) is 0 Å². The lowest BCUT2D eigenvalue weighted by Gasteiger charge is -2.18. The molecule has 2 aromatic carbocycles. The predicted octanol–water partition coefficient (Wildman–Crippen LogP) is 5.26. The van der Waals surface area contributed by atoms with Crippen LogP contribution < -0.4 is 10.2 Å². The lowest BCUT2D eigenvalue weighted by Crippen LogP contribution is -2.18. The molecule has 4 nitrogen and oxygen atoms in total. The Hall–Kier alpha value is -2.33. The van der Waals surface area contributed by atoms with Crippen molar-refractivity contribution in [1.29, 1.82) is 0 Å². The van der Waals surface area contributed by atoms with E-state index in [1.165, 1.54) is 5.56 Å². The number of aryl methyl sites for hydroxylation is 1. The second-order valence-corrected chi connectivity index (χ2v) is 7.96. The third-order valence-corrected chi connectivity index (χ3v) is 4.36. The van der Waals surface area contributed by atoms with E-state index in [1.807, 2.05) is 31.2 Å². The molecule has 0 saturated carbocycles. The molecule has 1 amide bonds. The highest BCUT2D eigenvalue weighted by atomic mass is 35.5. The van der Waals surface area contributed by atoms with Gasteiger partial charge in [0.05, 0.1) is 12.8 Å². The van der Waals surface area contributed by atoms with Gasteiger partial charge in [-0.3, -0.25) is 4.79 Å². The average molecular weight is 387 g/mol. The Labute approximate surface area is 166 Å². The van der Waals surface area contributed by atoms with E-state index in [9.17, 15) is 4.79 Å². The van der Waals surface area contributed by atoms with Crippen LogP contribution in [0.25, 0.3) is 0 Å². The van der Waals surface area contributed by atoms with Gasteiger partial charge in [0.25, 0.3) is 0 Å². The van der Waals surface area contributed by atoms with Crippen LogP contribution in [0.15, 0.2) is 47.6 Å². The third kappa shape index (κ3) is 7.06. The zero-order valence-corrected chi connectivity index (χ0v) is 17.1. The number of nitrogens with one attached hydrogen (secondary N) is 1. The van der Waals surface area contributed by atoms with Crippen molar-refractivity contribution >= 4 is 23.7 Å². The highest BCUT2D eigenvalue weighted by Crippen LogP contribution is 2.22. The van der Waals surface area contributed by atoms with Gasteiger partial charge < -0.3 is 4.74 Å². The van der Waals surface area contributed by atoms with Crippen LogP contribution in [0.3, 0.4) is 0 Å². The molecule has 0 heterocycles. The molecular weight excluding hydrogens is 360 g/mol. The summed E-state index contributed by atoms with van der Waals surface area (Å²) in [7, 11) is 0. The van der Waals surface area contributed by atoms with Gasteiger partial charge in [-0.1, -0.05) is 56.6 Å². The fourth-order valence-corrected chi connectivity index (χ4v) is 2.72. The lowest BCUT2D eigenvalue weighted by atomic mass is 9.87. The molecule has 0 atom stereocenters. The number of hydrazone groups is 1. The molecule has 0 fully saturated rings. The van der Waals surface area contributed by atoms with Crippen LogP contribution in [0.5, 0.6) is 5.75 Å². The largest absolute Gasteiger partial charge is 0.493 e. The van der Waals surface area contributed by atoms with Gasteiger partial charge in [-0.15, -0.1) is 0 Å². The number of halogens is 1. The minimum absolute atomic E-state index is 0.122. The summed E-state index contributed by atoms with van der Waals surface area (Å²) in [5.74, 6) is 0.658. The van der Waals surface area contributed by atoms with Crippen molar-refractivity contribution in [2.24, 2.45) is 5.10 Å². The van der Waals surface area contributed by atoms with Crippen molar-refractivity contribution in [1.82, 2.24) is 5.43 Å². The van der Waals surface area contributed by atoms with Crippen molar-refractivity contribution < 1.29 is 9.53 Å². The zero-order chi connectivity index (χ0) is 19.9. The Balaban J connectivity index is 1.70. The van der Waals surface area contributed by atoms with Gasteiger partial charge in [-0.25, -0.2) is 5.43 Å². The van der Waals surface area contributed by atoms with Crippen LogP contribution in [0, 0.1) is 6.92 Å². The van der Waals surface area contributed by atoms with Crippen LogP contribution in [-0.4, -0.2) is 18.7 Å². The number of benzene rings is 2. The number of rotatable bonds is 7. The molecule has 2 rings (SSSR count). The molecular formula is C22H27ClN2O2. The van der Waals surface area contributed by atoms with Crippen molar-refractivity contribution in [2.45, 2.75) is 46.0 Å². The van der Waals surface area contributed by atoms with E-state index < -0.39 is 0 Å². The Morgan fingerprint density at radius 2 is 1.89 bits per heavy atom. The molecule has 0 aliphatic heterocycles. The molecule has 1 N–H and O–H groups in total. The third-order valence-electron chi connectivity index (χ3n) is 4.12. The van der Waals surface area contributed by atoms with Gasteiger partial charge in [0.15, 0.2) is 0 Å². The Bertz CT molecular complexity index is 793. The molecule has 0 unspecified atom stereocenters. The maximum Gasteiger partial charge on any atom is 0.240 e. The molecule has 0 aromatic heterocycles. The van der Waals surface area contributed by atoms with Gasteiger partial charge >= 0.3 is 0 Å². The van der Waals surface area contributed by atoms with Crippen molar-refractivity contribution in [3.8, 4) is 5.75 Å². The SMILES string of the molecule is Cc1cc(Cl)ccc1OCCCC(=O)N/N=C/c1ccc(C(C)(C)C)cc1. The summed E-state index contributed by atoms with van der Waals surface area (Å²) in [6.45, 7) is 8.93. The number of carbonyl (C=O) groups excluding carboxylic acids is 1. The van der Waals surface area contributed by atoms with E-state index in [0.717, 1.165) is 16.9 Å². The van der Waals surface area contributed by atoms with Crippen LogP contribution in [0.2, 0.25) is 5.02 Å². The Morgan fingerprint density at radius 3 is 2.52 bits per heavy atom. The van der Waals surface area contributed by atoms with Gasteiger partial charge in [0.1, 0.15) is 5.75 Å². The topological polar surface area (TPSA) is 50.7 Å². The first-order valence-corrected chi connectivity index (χ1v) is 9.45. The maximum atomic E-state index is 11.8. The summed E-state index contributed by atoms with van der Waals surface area (Å²) >= 11 is 5.92. The molecule has 0 saturated heterocycles. The summed E-state index contributed by atoms with van der Waals surface area (Å²) in [5, 5.41) is 4.70. The molecule has 0 radical (unpaired) electrons. The number of ether oxygens (including phenoxy) is 1. The van der Waals surface area contributed by atoms with E-state index in [4.69, 9.17) is 16.3 Å². The zero-order valence-electron chi connectivity index (χ0n) is 16.4. The molecule has 5 heteroatoms. The number of hydrogen-bond acceptors (Lipinski definition) is 3. The lowest BCUT2D eigenvalue weighted by molar-refractivity contribution is -0.121. The van der Waals surface area contributed by atoms with Gasteiger partial charge in [0, 0.05) is 11.4 Å². The fraction of sp³-hybridized carbons (Fsp3) is 0.364. The quantitative estimate of drug-likeness (QED) is 0.401. The monoisotopic (exact) mass is 386 g/mol. The fourth-order valence-electron chi connectivity index (χ4n) is 2.49. The van der Waals surface area contributed by atoms with Crippen LogP contribution in [0.4, 0.5) is 0 Å². The summed E-state index contributed by atoms with van der Waals surface area (Å²) in [6.07, 6.45) is 2.62. The first-order chi connectivity index (χ1) is 12.8. The van der Waals surface area contributed by atoms with Crippen molar-refractivity contribution in [3.05, 3.63) is 64.2 Å². The molecule has 0 bridgehead atoms. The van der Waals surface area contributed by atoms with Crippen LogP contribution in [-0.2, 0) is 10.2 Å². The minimum atomic E-state index is -0.131. The highest BCUT2D eigenvalue weighted by Gasteiger charge is 2.12. The molecule has 0 aliphatic carbocycles. The van der Waals surface area contributed by atoms with Gasteiger partial charge in [0.2, 0.25) is 5.91 Å². The van der Waals surface area contributed by atoms with Crippen LogP contribution >= 0.6 is 11.6 Å². The molecule has 144 valence electrons. The van der Waals surface area contributed by atoms with E-state index in [2.05, 4.69) is 43.4 Å². The van der Waals surface area contributed by atoms with Crippen molar-refractivity contribution in [2.75, 3.05) is 6.61 Å². The summed E-state index contributed by atoms with van der Waals surface area (Å²) in [4.78, 5) is 11.8. The molecule has 0 aliphatic rings. The smallest absolute Gasteiger partial charge is 0.240 e. The second-order valence-electron chi connectivity index (χ2n) is 7.53. The normalized spacial score (nSPS) is 11.6. The molecule has 2 aromatic rings. The number of amides is 1. The number of carbonyl (C=O) groups is 1. The second kappa shape index (κ2) is 9.56. The summed E-state index contributed by atoms with van der Waals surface area (Å²) in [5.41, 5.74) is 5.87. The predicted molar refractivity (Wildman–Crippen MR) is 112 cm³/mol. The first-order valence-electron chi connectivity index (χ1n) is 9.07. The maximum absolute atomic E-state index is 11.8. The van der Waals surface area contributed by atoms with Gasteiger partial charge in [-0.05, 0) is 53.6 Å². The Morgan fingerprint density at radius 1 is 1.19 bits per heavy atom. The summed E-state index contributed by atoms with van der Waals surface area (Å²) in [6, 6.07) is 13.6. The minimum Gasteiger partial charge on any atom is -0.493 e.